The summed E-state index contributed by atoms with van der Waals surface area (Å²) in [5, 5.41) is 0. The van der Waals surface area contributed by atoms with Crippen LogP contribution in [0, 0.1) is 24.4 Å². The summed E-state index contributed by atoms with van der Waals surface area (Å²) in [6.45, 7) is 1.80. The van der Waals surface area contributed by atoms with Crippen molar-refractivity contribution in [3.63, 3.8) is 0 Å². The summed E-state index contributed by atoms with van der Waals surface area (Å²) < 4.78 is 39.9. The third-order valence-electron chi connectivity index (χ3n) is 2.35. The van der Waals surface area contributed by atoms with Crippen molar-refractivity contribution >= 4 is 0 Å². The van der Waals surface area contributed by atoms with Crippen molar-refractivity contribution in [3.05, 3.63) is 59.4 Å². The van der Waals surface area contributed by atoms with Crippen molar-refractivity contribution in [2.24, 2.45) is 0 Å². The molecule has 0 saturated heterocycles. The number of rotatable bonds is 1. The van der Waals surface area contributed by atoms with Crippen LogP contribution in [0.1, 0.15) is 5.56 Å². The third kappa shape index (κ3) is 1.81. The molecule has 0 heterocycles. The minimum Gasteiger partial charge on any atom is -0.206 e. The monoisotopic (exact) mass is 222 g/mol. The fourth-order valence-electron chi connectivity index (χ4n) is 1.59. The van der Waals surface area contributed by atoms with E-state index < -0.39 is 17.5 Å². The van der Waals surface area contributed by atoms with E-state index in [-0.39, 0.29) is 5.56 Å². The van der Waals surface area contributed by atoms with Gasteiger partial charge < -0.3 is 0 Å². The molecule has 16 heavy (non-hydrogen) atoms. The van der Waals surface area contributed by atoms with E-state index in [0.29, 0.717) is 5.56 Å². The zero-order valence-electron chi connectivity index (χ0n) is 8.60. The predicted molar refractivity (Wildman–Crippen MR) is 56.5 cm³/mol. The van der Waals surface area contributed by atoms with Gasteiger partial charge in [0.1, 0.15) is 5.82 Å². The highest BCUT2D eigenvalue weighted by Gasteiger charge is 2.15. The molecule has 2 rings (SSSR count). The molecule has 0 unspecified atom stereocenters. The average molecular weight is 222 g/mol. The van der Waals surface area contributed by atoms with Gasteiger partial charge in [0.15, 0.2) is 11.6 Å². The molecule has 0 saturated carbocycles. The molecular weight excluding hydrogens is 213 g/mol. The van der Waals surface area contributed by atoms with Crippen LogP contribution in [0.25, 0.3) is 11.1 Å². The van der Waals surface area contributed by atoms with Crippen LogP contribution in [0.4, 0.5) is 13.2 Å². The first-order valence-corrected chi connectivity index (χ1v) is 4.80. The lowest BCUT2D eigenvalue weighted by molar-refractivity contribution is 0.499. The van der Waals surface area contributed by atoms with E-state index in [1.54, 1.807) is 31.2 Å². The molecule has 0 atom stereocenters. The Morgan fingerprint density at radius 1 is 0.875 bits per heavy atom. The lowest BCUT2D eigenvalue weighted by Gasteiger charge is -2.06. The lowest BCUT2D eigenvalue weighted by Crippen LogP contribution is -1.94. The maximum atomic E-state index is 13.5. The molecule has 82 valence electrons. The molecule has 0 aliphatic rings. The molecular formula is C13H9F3. The van der Waals surface area contributed by atoms with Crippen LogP contribution in [0.2, 0.25) is 0 Å². The summed E-state index contributed by atoms with van der Waals surface area (Å²) in [5.74, 6) is -2.95. The average Bonchev–Trinajstić information content (AvgIpc) is 2.24. The van der Waals surface area contributed by atoms with E-state index in [0.717, 1.165) is 17.7 Å². The van der Waals surface area contributed by atoms with Gasteiger partial charge >= 0.3 is 0 Å². The first-order valence-electron chi connectivity index (χ1n) is 4.80. The highest BCUT2D eigenvalue weighted by Crippen LogP contribution is 2.27. The minimum atomic E-state index is -1.15. The van der Waals surface area contributed by atoms with E-state index in [1.807, 2.05) is 0 Å². The van der Waals surface area contributed by atoms with Gasteiger partial charge in [-0.05, 0) is 24.6 Å². The van der Waals surface area contributed by atoms with Gasteiger partial charge in [-0.15, -0.1) is 0 Å². The minimum absolute atomic E-state index is 0.316. The maximum absolute atomic E-state index is 13.5. The second-order valence-corrected chi connectivity index (χ2v) is 3.59. The van der Waals surface area contributed by atoms with Crippen molar-refractivity contribution in [2.45, 2.75) is 6.92 Å². The quantitative estimate of drug-likeness (QED) is 0.638. The van der Waals surface area contributed by atoms with Gasteiger partial charge in [0.25, 0.3) is 0 Å². The van der Waals surface area contributed by atoms with E-state index in [1.165, 1.54) is 0 Å². The van der Waals surface area contributed by atoms with Crippen molar-refractivity contribution in [1.29, 1.82) is 0 Å². The summed E-state index contributed by atoms with van der Waals surface area (Å²) in [6, 6.07) is 8.35. The van der Waals surface area contributed by atoms with Crippen LogP contribution >= 0.6 is 0 Å². The SMILES string of the molecule is Cc1cccc(-c2c(F)ccc(F)c2F)c1. The van der Waals surface area contributed by atoms with Crippen LogP contribution in [-0.4, -0.2) is 0 Å². The Kier molecular flexibility index (Phi) is 2.69. The van der Waals surface area contributed by atoms with Crippen LogP contribution in [0.5, 0.6) is 0 Å². The second-order valence-electron chi connectivity index (χ2n) is 3.59. The van der Waals surface area contributed by atoms with Gasteiger partial charge in [-0.3, -0.25) is 0 Å². The third-order valence-corrected chi connectivity index (χ3v) is 2.35. The van der Waals surface area contributed by atoms with Gasteiger partial charge in [0.2, 0.25) is 0 Å². The second kappa shape index (κ2) is 4.00. The van der Waals surface area contributed by atoms with Crippen molar-refractivity contribution in [3.8, 4) is 11.1 Å². The van der Waals surface area contributed by atoms with Gasteiger partial charge in [-0.25, -0.2) is 13.2 Å². The normalized spacial score (nSPS) is 10.5. The van der Waals surface area contributed by atoms with Crippen LogP contribution in [0.3, 0.4) is 0 Å². The molecule has 0 spiro atoms. The van der Waals surface area contributed by atoms with E-state index in [2.05, 4.69) is 0 Å². The lowest BCUT2D eigenvalue weighted by atomic mass is 10.0. The summed E-state index contributed by atoms with van der Waals surface area (Å²) in [6.07, 6.45) is 0. The summed E-state index contributed by atoms with van der Waals surface area (Å²) in [5.41, 5.74) is 0.888. The van der Waals surface area contributed by atoms with Crippen molar-refractivity contribution in [1.82, 2.24) is 0 Å². The zero-order chi connectivity index (χ0) is 11.7. The molecule has 0 N–H and O–H groups in total. The smallest absolute Gasteiger partial charge is 0.169 e. The van der Waals surface area contributed by atoms with Gasteiger partial charge in [0.05, 0.1) is 5.56 Å². The molecule has 0 amide bonds. The van der Waals surface area contributed by atoms with Crippen LogP contribution in [-0.2, 0) is 0 Å². The van der Waals surface area contributed by atoms with Crippen molar-refractivity contribution in [2.75, 3.05) is 0 Å². The Labute approximate surface area is 91.4 Å². The Bertz CT molecular complexity index is 533. The Hall–Kier alpha value is -1.77. The summed E-state index contributed by atoms with van der Waals surface area (Å²) in [4.78, 5) is 0. The fraction of sp³-hybridized carbons (Fsp3) is 0.0769. The van der Waals surface area contributed by atoms with Gasteiger partial charge in [0, 0.05) is 0 Å². The Morgan fingerprint density at radius 2 is 1.56 bits per heavy atom. The van der Waals surface area contributed by atoms with E-state index in [9.17, 15) is 13.2 Å². The topological polar surface area (TPSA) is 0 Å². The Morgan fingerprint density at radius 3 is 2.25 bits per heavy atom. The molecule has 0 nitrogen and oxygen atoms in total. The highest BCUT2D eigenvalue weighted by molar-refractivity contribution is 5.65. The van der Waals surface area contributed by atoms with Gasteiger partial charge in [-0.2, -0.15) is 0 Å². The molecule has 2 aromatic rings. The van der Waals surface area contributed by atoms with Crippen LogP contribution in [0.15, 0.2) is 36.4 Å². The van der Waals surface area contributed by atoms with Gasteiger partial charge in [-0.1, -0.05) is 29.8 Å². The molecule has 0 aliphatic heterocycles. The molecule has 0 fully saturated rings. The summed E-state index contributed by atoms with van der Waals surface area (Å²) >= 11 is 0. The van der Waals surface area contributed by atoms with E-state index in [4.69, 9.17) is 0 Å². The molecule has 2 aromatic carbocycles. The first kappa shape index (κ1) is 10.7. The van der Waals surface area contributed by atoms with Crippen molar-refractivity contribution < 1.29 is 13.2 Å². The molecule has 0 bridgehead atoms. The maximum Gasteiger partial charge on any atom is 0.169 e. The molecule has 0 aromatic heterocycles. The molecule has 0 aliphatic carbocycles. The number of halogens is 3. The number of aryl methyl sites for hydroxylation is 1. The predicted octanol–water partition coefficient (Wildman–Crippen LogP) is 4.08. The van der Waals surface area contributed by atoms with E-state index >= 15 is 0 Å². The summed E-state index contributed by atoms with van der Waals surface area (Å²) in [7, 11) is 0. The fourth-order valence-corrected chi connectivity index (χ4v) is 1.59. The van der Waals surface area contributed by atoms with Crippen LogP contribution < -0.4 is 0 Å². The molecule has 3 heteroatoms. The standard InChI is InChI=1S/C13H9F3/c1-8-3-2-4-9(7-8)12-10(14)5-6-11(15)13(12)16/h2-7H,1H3. The largest absolute Gasteiger partial charge is 0.206 e. The first-order chi connectivity index (χ1) is 7.59. The number of benzene rings is 2. The number of hydrogen-bond acceptors (Lipinski definition) is 0. The number of hydrogen-bond donors (Lipinski definition) is 0. The molecule has 0 radical (unpaired) electrons. The zero-order valence-corrected chi connectivity index (χ0v) is 8.60. The highest BCUT2D eigenvalue weighted by atomic mass is 19.2. The Balaban J connectivity index is 2.68.